The van der Waals surface area contributed by atoms with Gasteiger partial charge < -0.3 is 43.4 Å². The third-order valence-electron chi connectivity index (χ3n) is 15.4. The predicted molar refractivity (Wildman–Crippen MR) is 324 cm³/mol. The molecule has 1 aromatic carbocycles. The largest absolute Gasteiger partial charge is 0.465 e. The van der Waals surface area contributed by atoms with E-state index in [4.69, 9.17) is 33.2 Å². The Morgan fingerprint density at radius 3 is 1.36 bits per heavy atom. The Morgan fingerprint density at radius 1 is 0.444 bits per heavy atom. The van der Waals surface area contributed by atoms with E-state index < -0.39 is 24.5 Å². The first-order chi connectivity index (χ1) is 39.6. The quantitative estimate of drug-likeness (QED) is 0.0284. The molecule has 1 saturated heterocycles. The lowest BCUT2D eigenvalue weighted by molar-refractivity contribution is -0.160. The van der Waals surface area contributed by atoms with Gasteiger partial charge in [-0.25, -0.2) is 4.79 Å². The van der Waals surface area contributed by atoms with Crippen molar-refractivity contribution in [1.29, 1.82) is 0 Å². The molecule has 468 valence electrons. The van der Waals surface area contributed by atoms with Gasteiger partial charge in [0.2, 0.25) is 0 Å². The van der Waals surface area contributed by atoms with E-state index >= 15 is 0 Å². The standard InChI is InChI=1S/C67H118N2O12/c1-6-11-16-20-25-33-48-75-66(76-49-34-26-21-17-12-7-2)43-42-65(73)80-56-60-51-58(54-78-63(71)39-30-24-22-23-29-38-62(70)77-53-57(35-15-10-5)36-27-18-13-8-3)50-59(52-60)55-79-64(72)41-40-61(37-28-19-14-9-4)81-67(74)68-44-47-69-45-31-32-46-69/h50-52,57,61,66H,6-49,53-56H2,1-5H3,(H,68,74). The van der Waals surface area contributed by atoms with Gasteiger partial charge in [0.15, 0.2) is 6.29 Å². The first-order valence-corrected chi connectivity index (χ1v) is 33.2. The lowest BCUT2D eigenvalue weighted by atomic mass is 9.96. The monoisotopic (exact) mass is 1140 g/mol. The van der Waals surface area contributed by atoms with Crippen LogP contribution in [0.2, 0.25) is 0 Å². The highest BCUT2D eigenvalue weighted by Gasteiger charge is 2.20. The van der Waals surface area contributed by atoms with Gasteiger partial charge in [-0.15, -0.1) is 0 Å². The van der Waals surface area contributed by atoms with E-state index in [0.717, 1.165) is 116 Å². The SMILES string of the molecule is CCCCCCCCOC(CCC(=O)OCc1cc(COC(=O)CCCCCCCC(=O)OCC(CCCC)CCCCCC)cc(COC(=O)CCC(CCCCCC)OC(=O)NCCN2CCCC2)c1)OCCCCCCCC. The summed E-state index contributed by atoms with van der Waals surface area (Å²) in [6.07, 6.45) is 35.0. The van der Waals surface area contributed by atoms with Crippen LogP contribution in [-0.4, -0.2) is 93.3 Å². The maximum Gasteiger partial charge on any atom is 0.407 e. The molecule has 2 rings (SSSR count). The van der Waals surface area contributed by atoms with Crippen molar-refractivity contribution >= 4 is 30.0 Å². The van der Waals surface area contributed by atoms with E-state index in [-0.39, 0.29) is 57.0 Å². The van der Waals surface area contributed by atoms with Gasteiger partial charge in [0.1, 0.15) is 25.9 Å². The number of unbranched alkanes of at least 4 members (excludes halogenated alkanes) is 21. The molecule has 0 aliphatic carbocycles. The van der Waals surface area contributed by atoms with Gasteiger partial charge in [0.25, 0.3) is 0 Å². The Kier molecular flexibility index (Phi) is 47.0. The molecule has 1 N–H and O–H groups in total. The highest BCUT2D eigenvalue weighted by atomic mass is 16.7. The Labute approximate surface area is 493 Å². The van der Waals surface area contributed by atoms with E-state index in [0.29, 0.717) is 81.1 Å². The average Bonchev–Trinajstić information content (AvgIpc) is 3.99. The number of hydrogen-bond donors (Lipinski definition) is 1. The molecule has 14 heteroatoms. The number of rotatable bonds is 55. The fourth-order valence-corrected chi connectivity index (χ4v) is 10.3. The van der Waals surface area contributed by atoms with E-state index in [1.165, 1.54) is 96.3 Å². The van der Waals surface area contributed by atoms with Crippen LogP contribution in [0.5, 0.6) is 0 Å². The summed E-state index contributed by atoms with van der Waals surface area (Å²) in [6, 6.07) is 5.53. The molecular formula is C67H118N2O12. The van der Waals surface area contributed by atoms with Gasteiger partial charge in [-0.3, -0.25) is 19.2 Å². The van der Waals surface area contributed by atoms with Crippen molar-refractivity contribution in [2.45, 2.75) is 311 Å². The van der Waals surface area contributed by atoms with Crippen LogP contribution in [0.15, 0.2) is 18.2 Å². The van der Waals surface area contributed by atoms with Crippen LogP contribution in [0, 0.1) is 5.92 Å². The molecule has 2 atom stereocenters. The molecule has 1 aliphatic rings. The normalized spacial score (nSPS) is 13.3. The lowest BCUT2D eigenvalue weighted by Crippen LogP contribution is -2.35. The fraction of sp³-hybridized carbons (Fsp3) is 0.836. The van der Waals surface area contributed by atoms with Crippen molar-refractivity contribution in [3.63, 3.8) is 0 Å². The molecule has 1 fully saturated rings. The van der Waals surface area contributed by atoms with Crippen molar-refractivity contribution in [3.8, 4) is 0 Å². The Balaban J connectivity index is 2.00. The molecule has 0 aromatic heterocycles. The van der Waals surface area contributed by atoms with Crippen LogP contribution in [0.3, 0.4) is 0 Å². The smallest absolute Gasteiger partial charge is 0.407 e. The topological polar surface area (TPSA) is 165 Å². The molecule has 0 spiro atoms. The van der Waals surface area contributed by atoms with Gasteiger partial charge in [-0.2, -0.15) is 0 Å². The molecular weight excluding hydrogens is 1020 g/mol. The first-order valence-electron chi connectivity index (χ1n) is 33.2. The Hall–Kier alpha value is -3.75. The van der Waals surface area contributed by atoms with Crippen LogP contribution < -0.4 is 5.32 Å². The number of nitrogens with one attached hydrogen (secondary N) is 1. The van der Waals surface area contributed by atoms with Crippen molar-refractivity contribution in [1.82, 2.24) is 10.2 Å². The molecule has 0 radical (unpaired) electrons. The number of esters is 4. The Morgan fingerprint density at radius 2 is 0.852 bits per heavy atom. The molecule has 1 aliphatic heterocycles. The molecule has 1 heterocycles. The molecule has 14 nitrogen and oxygen atoms in total. The van der Waals surface area contributed by atoms with Crippen LogP contribution in [0.25, 0.3) is 0 Å². The fourth-order valence-electron chi connectivity index (χ4n) is 10.3. The predicted octanol–water partition coefficient (Wildman–Crippen LogP) is 16.7. The number of benzene rings is 1. The molecule has 1 aromatic rings. The number of hydrogen-bond acceptors (Lipinski definition) is 13. The third-order valence-corrected chi connectivity index (χ3v) is 15.4. The minimum absolute atomic E-state index is 0.00638. The average molecular weight is 1140 g/mol. The van der Waals surface area contributed by atoms with Crippen LogP contribution in [-0.2, 0) is 72.2 Å². The van der Waals surface area contributed by atoms with Gasteiger partial charge in [-0.1, -0.05) is 176 Å². The van der Waals surface area contributed by atoms with E-state index in [1.807, 2.05) is 18.2 Å². The highest BCUT2D eigenvalue weighted by Crippen LogP contribution is 2.21. The summed E-state index contributed by atoms with van der Waals surface area (Å²) in [5, 5.41) is 2.90. The lowest BCUT2D eigenvalue weighted by Gasteiger charge is -2.19. The number of carbonyl (C=O) groups is 5. The third kappa shape index (κ3) is 42.7. The molecule has 81 heavy (non-hydrogen) atoms. The summed E-state index contributed by atoms with van der Waals surface area (Å²) >= 11 is 0. The zero-order chi connectivity index (χ0) is 58.6. The summed E-state index contributed by atoms with van der Waals surface area (Å²) < 4.78 is 41.2. The summed E-state index contributed by atoms with van der Waals surface area (Å²) in [7, 11) is 0. The summed E-state index contributed by atoms with van der Waals surface area (Å²) in [5.41, 5.74) is 2.03. The van der Waals surface area contributed by atoms with Crippen LogP contribution >= 0.6 is 0 Å². The van der Waals surface area contributed by atoms with Crippen molar-refractivity contribution < 1.29 is 57.1 Å². The van der Waals surface area contributed by atoms with Gasteiger partial charge in [0.05, 0.1) is 13.0 Å². The molecule has 0 saturated carbocycles. The molecule has 1 amide bonds. The second kappa shape index (κ2) is 51.9. The highest BCUT2D eigenvalue weighted by molar-refractivity contribution is 5.71. The second-order valence-corrected chi connectivity index (χ2v) is 23.1. The zero-order valence-electron chi connectivity index (χ0n) is 52.3. The number of ether oxygens (including phenoxy) is 7. The van der Waals surface area contributed by atoms with Gasteiger partial charge in [0, 0.05) is 52.0 Å². The van der Waals surface area contributed by atoms with Gasteiger partial charge >= 0.3 is 30.0 Å². The van der Waals surface area contributed by atoms with E-state index in [2.05, 4.69) is 44.8 Å². The van der Waals surface area contributed by atoms with Crippen LogP contribution in [0.1, 0.15) is 295 Å². The maximum absolute atomic E-state index is 13.3. The van der Waals surface area contributed by atoms with Crippen LogP contribution in [0.4, 0.5) is 4.79 Å². The van der Waals surface area contributed by atoms with Gasteiger partial charge in [-0.05, 0) is 125 Å². The maximum atomic E-state index is 13.3. The number of likely N-dealkylation sites (tertiary alicyclic amines) is 1. The Bertz CT molecular complexity index is 1700. The summed E-state index contributed by atoms with van der Waals surface area (Å²) in [6.45, 7) is 16.1. The number of carbonyl (C=O) groups excluding carboxylic acids is 5. The number of alkyl carbamates (subject to hydrolysis) is 1. The second-order valence-electron chi connectivity index (χ2n) is 23.1. The van der Waals surface area contributed by atoms with Crippen molar-refractivity contribution in [2.75, 3.05) is 46.0 Å². The number of nitrogens with zero attached hydrogens (tertiary/aromatic N) is 1. The first kappa shape index (κ1) is 73.4. The minimum atomic E-state index is -0.480. The van der Waals surface area contributed by atoms with Crippen molar-refractivity contribution in [3.05, 3.63) is 34.9 Å². The number of amides is 1. The van der Waals surface area contributed by atoms with E-state index in [1.54, 1.807) is 0 Å². The minimum Gasteiger partial charge on any atom is -0.465 e. The summed E-state index contributed by atoms with van der Waals surface area (Å²) in [5.74, 6) is -0.751. The zero-order valence-corrected chi connectivity index (χ0v) is 52.3. The summed E-state index contributed by atoms with van der Waals surface area (Å²) in [4.78, 5) is 67.2. The van der Waals surface area contributed by atoms with Crippen molar-refractivity contribution in [2.24, 2.45) is 5.92 Å². The molecule has 0 bridgehead atoms. The van der Waals surface area contributed by atoms with E-state index in [9.17, 15) is 24.0 Å². The molecule has 2 unspecified atom stereocenters.